The molecule has 8 heteroatoms. The van der Waals surface area contributed by atoms with Crippen molar-refractivity contribution in [1.82, 2.24) is 24.8 Å². The molecule has 1 atom stereocenters. The Hall–Kier alpha value is -3.16. The van der Waals surface area contributed by atoms with Crippen LogP contribution in [0.5, 0.6) is 0 Å². The van der Waals surface area contributed by atoms with Gasteiger partial charge in [-0.15, -0.1) is 5.10 Å². The van der Waals surface area contributed by atoms with Gasteiger partial charge in [0.25, 0.3) is 5.91 Å². The molecule has 1 aromatic carbocycles. The van der Waals surface area contributed by atoms with Gasteiger partial charge in [-0.1, -0.05) is 24.3 Å². The zero-order chi connectivity index (χ0) is 19.1. The van der Waals surface area contributed by atoms with Crippen LogP contribution in [-0.4, -0.2) is 50.8 Å². The predicted molar refractivity (Wildman–Crippen MR) is 103 cm³/mol. The lowest BCUT2D eigenvalue weighted by atomic mass is 10.1. The fourth-order valence-corrected chi connectivity index (χ4v) is 3.66. The lowest BCUT2D eigenvalue weighted by Crippen LogP contribution is -2.35. The second kappa shape index (κ2) is 6.53. The summed E-state index contributed by atoms with van der Waals surface area (Å²) in [6.45, 7) is 5.54. The minimum Gasteiger partial charge on any atom is -0.373 e. The normalized spacial score (nSPS) is 17.0. The Bertz CT molecular complexity index is 990. The molecule has 0 saturated carbocycles. The van der Waals surface area contributed by atoms with Gasteiger partial charge in [0.05, 0.1) is 29.5 Å². The highest BCUT2D eigenvalue weighted by Gasteiger charge is 2.30. The van der Waals surface area contributed by atoms with E-state index in [-0.39, 0.29) is 5.91 Å². The largest absolute Gasteiger partial charge is 0.373 e. The summed E-state index contributed by atoms with van der Waals surface area (Å²) in [5.74, 6) is 0.206. The highest BCUT2D eigenvalue weighted by Crippen LogP contribution is 2.33. The number of hydrogen-bond acceptors (Lipinski definition) is 5. The van der Waals surface area contributed by atoms with Gasteiger partial charge in [0.1, 0.15) is 5.69 Å². The Morgan fingerprint density at radius 1 is 1.15 bits per heavy atom. The molecule has 0 spiro atoms. The van der Waals surface area contributed by atoms with Crippen LogP contribution < -0.4 is 9.80 Å². The summed E-state index contributed by atoms with van der Waals surface area (Å²) in [4.78, 5) is 17.4. The average molecular weight is 365 g/mol. The van der Waals surface area contributed by atoms with Gasteiger partial charge in [-0.3, -0.25) is 9.48 Å². The van der Waals surface area contributed by atoms with Crippen LogP contribution in [0.1, 0.15) is 23.1 Å². The summed E-state index contributed by atoms with van der Waals surface area (Å²) in [5, 5.41) is 12.5. The molecule has 0 radical (unpaired) electrons. The molecule has 8 nitrogen and oxygen atoms in total. The lowest BCUT2D eigenvalue weighted by molar-refractivity contribution is 0.0979. The maximum absolute atomic E-state index is 13.4. The van der Waals surface area contributed by atoms with E-state index in [1.54, 1.807) is 15.6 Å². The molecular weight excluding hydrogens is 342 g/mol. The first kappa shape index (κ1) is 17.3. The number of amides is 1. The van der Waals surface area contributed by atoms with E-state index in [1.807, 2.05) is 49.3 Å². The van der Waals surface area contributed by atoms with E-state index in [1.165, 1.54) is 0 Å². The fourth-order valence-electron chi connectivity index (χ4n) is 3.66. The smallest absolute Gasteiger partial charge is 0.280 e. The molecule has 3 aromatic rings. The molecule has 1 aliphatic heterocycles. The van der Waals surface area contributed by atoms with Crippen molar-refractivity contribution in [3.63, 3.8) is 0 Å². The van der Waals surface area contributed by atoms with Crippen LogP contribution in [0.3, 0.4) is 0 Å². The topological polar surface area (TPSA) is 72.1 Å². The van der Waals surface area contributed by atoms with E-state index in [4.69, 9.17) is 0 Å². The Morgan fingerprint density at radius 3 is 2.59 bits per heavy atom. The van der Waals surface area contributed by atoms with Crippen molar-refractivity contribution < 1.29 is 4.79 Å². The first-order valence-corrected chi connectivity index (χ1v) is 8.99. The van der Waals surface area contributed by atoms with Crippen LogP contribution in [0.4, 0.5) is 11.4 Å². The zero-order valence-corrected chi connectivity index (χ0v) is 16.0. The van der Waals surface area contributed by atoms with Crippen LogP contribution in [0.2, 0.25) is 0 Å². The van der Waals surface area contributed by atoms with Crippen LogP contribution in [0.15, 0.2) is 36.7 Å². The Kier molecular flexibility index (Phi) is 4.18. The quantitative estimate of drug-likeness (QED) is 0.695. The summed E-state index contributed by atoms with van der Waals surface area (Å²) in [5.41, 5.74) is 3.81. The zero-order valence-electron chi connectivity index (χ0n) is 16.0. The Balaban J connectivity index is 1.74. The van der Waals surface area contributed by atoms with Gasteiger partial charge >= 0.3 is 0 Å². The van der Waals surface area contributed by atoms with Gasteiger partial charge in [0.15, 0.2) is 5.69 Å². The molecule has 0 fully saturated rings. The number of benzene rings is 1. The molecule has 0 aliphatic carbocycles. The minimum absolute atomic E-state index is 0.128. The molecule has 0 bridgehead atoms. The van der Waals surface area contributed by atoms with Crippen LogP contribution in [0.25, 0.3) is 5.69 Å². The molecule has 0 saturated heterocycles. The number of carbonyl (C=O) groups excluding carboxylic acids is 1. The number of aromatic nitrogens is 5. The lowest BCUT2D eigenvalue weighted by Gasteiger charge is -2.24. The van der Waals surface area contributed by atoms with Gasteiger partial charge in [0.2, 0.25) is 0 Å². The molecule has 1 amide bonds. The van der Waals surface area contributed by atoms with E-state index in [0.717, 1.165) is 23.6 Å². The molecule has 1 aliphatic rings. The number of nitrogens with zero attached hydrogens (tertiary/aromatic N) is 7. The molecule has 4 rings (SSSR count). The fraction of sp³-hybridized carbons (Fsp3) is 0.368. The standard InChI is InChI=1S/C19H23N7O/c1-13-10-23(3)16-7-5-6-8-17(16)25(11-13)19(27)18-14(2)26(22-21-18)15-9-20-24(4)12-15/h5-9,12-13H,10-11H2,1-4H3/t13-/m0/s1. The molecule has 2 aromatic heterocycles. The first-order chi connectivity index (χ1) is 13.0. The van der Waals surface area contributed by atoms with E-state index in [9.17, 15) is 4.79 Å². The van der Waals surface area contributed by atoms with Crippen LogP contribution in [-0.2, 0) is 7.05 Å². The molecule has 3 heterocycles. The molecular formula is C19H23N7O. The maximum Gasteiger partial charge on any atom is 0.280 e. The third kappa shape index (κ3) is 2.97. The highest BCUT2D eigenvalue weighted by atomic mass is 16.2. The van der Waals surface area contributed by atoms with Crippen molar-refractivity contribution in [1.29, 1.82) is 0 Å². The van der Waals surface area contributed by atoms with Gasteiger partial charge in [-0.05, 0) is 25.0 Å². The first-order valence-electron chi connectivity index (χ1n) is 8.99. The second-order valence-electron chi connectivity index (χ2n) is 7.20. The third-order valence-electron chi connectivity index (χ3n) is 4.94. The minimum atomic E-state index is -0.128. The van der Waals surface area contributed by atoms with Crippen molar-refractivity contribution in [2.24, 2.45) is 13.0 Å². The molecule has 27 heavy (non-hydrogen) atoms. The second-order valence-corrected chi connectivity index (χ2v) is 7.20. The molecule has 140 valence electrons. The number of rotatable bonds is 2. The van der Waals surface area contributed by atoms with Gasteiger partial charge in [-0.25, -0.2) is 4.68 Å². The number of aryl methyl sites for hydroxylation is 1. The van der Waals surface area contributed by atoms with E-state index < -0.39 is 0 Å². The van der Waals surface area contributed by atoms with Crippen LogP contribution in [0, 0.1) is 12.8 Å². The number of fused-ring (bicyclic) bond motifs is 1. The number of anilines is 2. The van der Waals surface area contributed by atoms with E-state index in [2.05, 4.69) is 34.3 Å². The van der Waals surface area contributed by atoms with Gasteiger partial charge < -0.3 is 9.80 Å². The van der Waals surface area contributed by atoms with Crippen molar-refractivity contribution in [2.45, 2.75) is 13.8 Å². The van der Waals surface area contributed by atoms with Gasteiger partial charge in [-0.2, -0.15) is 5.10 Å². The summed E-state index contributed by atoms with van der Waals surface area (Å²) >= 11 is 0. The number of hydrogen-bond donors (Lipinski definition) is 0. The van der Waals surface area contributed by atoms with Crippen molar-refractivity contribution >= 4 is 17.3 Å². The average Bonchev–Trinajstić information content (AvgIpc) is 3.21. The summed E-state index contributed by atoms with van der Waals surface area (Å²) in [6, 6.07) is 8.00. The highest BCUT2D eigenvalue weighted by molar-refractivity contribution is 6.07. The van der Waals surface area contributed by atoms with Crippen molar-refractivity contribution in [3.8, 4) is 5.69 Å². The number of para-hydroxylation sites is 2. The Labute approximate surface area is 158 Å². The Morgan fingerprint density at radius 2 is 1.89 bits per heavy atom. The summed E-state index contributed by atoms with van der Waals surface area (Å²) < 4.78 is 3.35. The molecule has 0 unspecified atom stereocenters. The van der Waals surface area contributed by atoms with Crippen LogP contribution >= 0.6 is 0 Å². The predicted octanol–water partition coefficient (Wildman–Crippen LogP) is 2.04. The SMILES string of the molecule is Cc1c(C(=O)N2C[C@@H](C)CN(C)c3ccccc32)nnn1-c1cnn(C)c1. The monoisotopic (exact) mass is 365 g/mol. The van der Waals surface area contributed by atoms with Crippen molar-refractivity contribution in [2.75, 3.05) is 29.9 Å². The number of carbonyl (C=O) groups is 1. The third-order valence-corrected chi connectivity index (χ3v) is 4.94. The summed E-state index contributed by atoms with van der Waals surface area (Å²) in [6.07, 6.45) is 3.54. The van der Waals surface area contributed by atoms with E-state index >= 15 is 0 Å². The maximum atomic E-state index is 13.4. The summed E-state index contributed by atoms with van der Waals surface area (Å²) in [7, 11) is 3.90. The van der Waals surface area contributed by atoms with Gasteiger partial charge in [0, 0.05) is 27.2 Å². The van der Waals surface area contributed by atoms with E-state index in [0.29, 0.717) is 23.9 Å². The molecule has 0 N–H and O–H groups in total. The van der Waals surface area contributed by atoms with Crippen molar-refractivity contribution in [3.05, 3.63) is 48.0 Å².